The number of benzene rings is 1. The minimum Gasteiger partial charge on any atom is -0.395 e. The van der Waals surface area contributed by atoms with Gasteiger partial charge in [-0.1, -0.05) is 18.2 Å². The lowest BCUT2D eigenvalue weighted by Gasteiger charge is -2.17. The Morgan fingerprint density at radius 2 is 2.00 bits per heavy atom. The molecule has 0 unspecified atom stereocenters. The molecule has 0 radical (unpaired) electrons. The third kappa shape index (κ3) is 2.78. The molecule has 0 aliphatic carbocycles. The van der Waals surface area contributed by atoms with Gasteiger partial charge in [-0.25, -0.2) is 4.98 Å². The van der Waals surface area contributed by atoms with Crippen molar-refractivity contribution in [2.75, 3.05) is 20.2 Å². The van der Waals surface area contributed by atoms with Crippen molar-refractivity contribution in [2.24, 2.45) is 0 Å². The molecule has 0 aliphatic rings. The molecule has 96 valence electrons. The summed E-state index contributed by atoms with van der Waals surface area (Å²) in [6.07, 6.45) is 1.90. The minimum atomic E-state index is 0.176. The summed E-state index contributed by atoms with van der Waals surface area (Å²) in [5.41, 5.74) is 2.26. The molecule has 0 spiro atoms. The zero-order valence-corrected chi connectivity index (χ0v) is 10.9. The normalized spacial score (nSPS) is 11.1. The maximum atomic E-state index is 8.94. The number of aliphatic hydroxyl groups is 1. The molecule has 2 rings (SSSR count). The Morgan fingerprint density at radius 3 is 2.67 bits per heavy atom. The van der Waals surface area contributed by atoms with Crippen LogP contribution in [-0.2, 0) is 6.54 Å². The van der Waals surface area contributed by atoms with Crippen LogP contribution in [0.1, 0.15) is 11.5 Å². The summed E-state index contributed by atoms with van der Waals surface area (Å²) in [6.45, 7) is 3.62. The topological polar surface area (TPSA) is 41.3 Å². The van der Waals surface area contributed by atoms with Gasteiger partial charge in [-0.05, 0) is 26.1 Å². The molecule has 0 saturated heterocycles. The lowest BCUT2D eigenvalue weighted by molar-refractivity contribution is 0.215. The van der Waals surface area contributed by atoms with Crippen molar-refractivity contribution in [2.45, 2.75) is 13.5 Å². The number of aliphatic hydroxyl groups excluding tert-OH is 1. The third-order valence-corrected chi connectivity index (χ3v) is 2.94. The number of para-hydroxylation sites is 1. The summed E-state index contributed by atoms with van der Waals surface area (Å²) < 4.78 is 2.15. The van der Waals surface area contributed by atoms with Gasteiger partial charge in [0.25, 0.3) is 0 Å². The summed E-state index contributed by atoms with van der Waals surface area (Å²) in [6, 6.07) is 10.2. The lowest BCUT2D eigenvalue weighted by atomic mass is 10.3. The largest absolute Gasteiger partial charge is 0.395 e. The molecular formula is C14H19N3O. The van der Waals surface area contributed by atoms with Gasteiger partial charge in [-0.2, -0.15) is 0 Å². The number of hydrogen-bond donors (Lipinski definition) is 1. The monoisotopic (exact) mass is 245 g/mol. The maximum Gasteiger partial charge on any atom is 0.110 e. The number of hydrogen-bond acceptors (Lipinski definition) is 3. The molecule has 1 aromatic heterocycles. The van der Waals surface area contributed by atoms with Gasteiger partial charge >= 0.3 is 0 Å². The first-order chi connectivity index (χ1) is 8.72. The number of rotatable bonds is 5. The van der Waals surface area contributed by atoms with Crippen LogP contribution in [0.25, 0.3) is 5.69 Å². The average Bonchev–Trinajstić information content (AvgIpc) is 2.72. The molecule has 1 aromatic carbocycles. The van der Waals surface area contributed by atoms with Crippen LogP contribution in [0.5, 0.6) is 0 Å². The second kappa shape index (κ2) is 5.80. The Labute approximate surface area is 108 Å². The molecule has 1 heterocycles. The summed E-state index contributed by atoms with van der Waals surface area (Å²) in [4.78, 5) is 6.46. The van der Waals surface area contributed by atoms with Crippen molar-refractivity contribution in [1.82, 2.24) is 14.5 Å². The maximum absolute atomic E-state index is 8.94. The zero-order valence-electron chi connectivity index (χ0n) is 10.9. The van der Waals surface area contributed by atoms with E-state index in [-0.39, 0.29) is 6.61 Å². The minimum absolute atomic E-state index is 0.176. The highest BCUT2D eigenvalue weighted by Gasteiger charge is 2.10. The zero-order chi connectivity index (χ0) is 13.0. The van der Waals surface area contributed by atoms with E-state index < -0.39 is 0 Å². The van der Waals surface area contributed by atoms with Gasteiger partial charge in [0.15, 0.2) is 0 Å². The molecular weight excluding hydrogens is 226 g/mol. The van der Waals surface area contributed by atoms with Crippen LogP contribution in [0.2, 0.25) is 0 Å². The van der Waals surface area contributed by atoms with Crippen LogP contribution in [0.3, 0.4) is 0 Å². The fraction of sp³-hybridized carbons (Fsp3) is 0.357. The van der Waals surface area contributed by atoms with Crippen LogP contribution < -0.4 is 0 Å². The highest BCUT2D eigenvalue weighted by molar-refractivity contribution is 5.35. The first-order valence-electron chi connectivity index (χ1n) is 6.10. The number of imidazole rings is 1. The van der Waals surface area contributed by atoms with E-state index in [4.69, 9.17) is 5.11 Å². The van der Waals surface area contributed by atoms with Gasteiger partial charge in [0, 0.05) is 18.8 Å². The van der Waals surface area contributed by atoms with Crippen LogP contribution in [0.15, 0.2) is 36.5 Å². The Kier molecular flexibility index (Phi) is 4.12. The molecule has 1 N–H and O–H groups in total. The van der Waals surface area contributed by atoms with Crippen molar-refractivity contribution in [1.29, 1.82) is 0 Å². The standard InChI is InChI=1S/C14H19N3O/c1-12-15-10-14(11-16(2)8-9-18)17(12)13-6-4-3-5-7-13/h3-7,10,18H,8-9,11H2,1-2H3. The second-order valence-electron chi connectivity index (χ2n) is 4.43. The van der Waals surface area contributed by atoms with E-state index >= 15 is 0 Å². The highest BCUT2D eigenvalue weighted by atomic mass is 16.3. The van der Waals surface area contributed by atoms with Crippen LogP contribution in [0.4, 0.5) is 0 Å². The Hall–Kier alpha value is -1.65. The molecule has 0 aliphatic heterocycles. The fourth-order valence-corrected chi connectivity index (χ4v) is 2.06. The fourth-order valence-electron chi connectivity index (χ4n) is 2.06. The molecule has 0 fully saturated rings. The lowest BCUT2D eigenvalue weighted by Crippen LogP contribution is -2.23. The first kappa shape index (κ1) is 12.8. The van der Waals surface area contributed by atoms with Crippen LogP contribution in [-0.4, -0.2) is 39.8 Å². The van der Waals surface area contributed by atoms with Gasteiger partial charge < -0.3 is 5.11 Å². The summed E-state index contributed by atoms with van der Waals surface area (Å²) >= 11 is 0. The van der Waals surface area contributed by atoms with Crippen molar-refractivity contribution < 1.29 is 5.11 Å². The molecule has 0 bridgehead atoms. The summed E-state index contributed by atoms with van der Waals surface area (Å²) in [5.74, 6) is 0.980. The van der Waals surface area contributed by atoms with Gasteiger partial charge in [0.2, 0.25) is 0 Å². The van der Waals surface area contributed by atoms with E-state index in [0.29, 0.717) is 6.54 Å². The van der Waals surface area contributed by atoms with E-state index in [1.165, 1.54) is 0 Å². The molecule has 0 amide bonds. The SMILES string of the molecule is Cc1ncc(CN(C)CCO)n1-c1ccccc1. The van der Waals surface area contributed by atoms with Crippen molar-refractivity contribution >= 4 is 0 Å². The molecule has 0 saturated carbocycles. The summed E-state index contributed by atoms with van der Waals surface area (Å²) in [7, 11) is 1.99. The van der Waals surface area contributed by atoms with Crippen molar-refractivity contribution in [3.8, 4) is 5.69 Å². The van der Waals surface area contributed by atoms with Gasteiger partial charge in [0.05, 0.1) is 18.5 Å². The molecule has 4 heteroatoms. The van der Waals surface area contributed by atoms with Crippen LogP contribution in [0, 0.1) is 6.92 Å². The number of aryl methyl sites for hydroxylation is 1. The molecule has 2 aromatic rings. The summed E-state index contributed by atoms with van der Waals surface area (Å²) in [5, 5.41) is 8.94. The molecule has 4 nitrogen and oxygen atoms in total. The van der Waals surface area contributed by atoms with Gasteiger partial charge in [0.1, 0.15) is 5.82 Å². The predicted octanol–water partition coefficient (Wildman–Crippen LogP) is 1.60. The van der Waals surface area contributed by atoms with Gasteiger partial charge in [-0.3, -0.25) is 9.47 Å². The Morgan fingerprint density at radius 1 is 1.28 bits per heavy atom. The Bertz CT molecular complexity index is 493. The number of aromatic nitrogens is 2. The van der Waals surface area contributed by atoms with Crippen molar-refractivity contribution in [3.63, 3.8) is 0 Å². The highest BCUT2D eigenvalue weighted by Crippen LogP contribution is 2.15. The third-order valence-electron chi connectivity index (χ3n) is 2.94. The molecule has 0 atom stereocenters. The smallest absolute Gasteiger partial charge is 0.110 e. The quantitative estimate of drug-likeness (QED) is 0.870. The molecule has 18 heavy (non-hydrogen) atoms. The number of likely N-dealkylation sites (N-methyl/N-ethyl adjacent to an activating group) is 1. The second-order valence-corrected chi connectivity index (χ2v) is 4.43. The van der Waals surface area contributed by atoms with E-state index in [1.807, 2.05) is 38.4 Å². The number of nitrogens with zero attached hydrogens (tertiary/aromatic N) is 3. The van der Waals surface area contributed by atoms with E-state index in [9.17, 15) is 0 Å². The van der Waals surface area contributed by atoms with E-state index in [2.05, 4.69) is 26.6 Å². The average molecular weight is 245 g/mol. The first-order valence-corrected chi connectivity index (χ1v) is 6.10. The van der Waals surface area contributed by atoms with E-state index in [1.54, 1.807) is 0 Å². The predicted molar refractivity (Wildman–Crippen MR) is 71.7 cm³/mol. The Balaban J connectivity index is 2.28. The van der Waals surface area contributed by atoms with Crippen LogP contribution >= 0.6 is 0 Å². The van der Waals surface area contributed by atoms with Crippen molar-refractivity contribution in [3.05, 3.63) is 48.0 Å². The van der Waals surface area contributed by atoms with E-state index in [0.717, 1.165) is 23.8 Å². The van der Waals surface area contributed by atoms with Gasteiger partial charge in [-0.15, -0.1) is 0 Å².